The van der Waals surface area contributed by atoms with Crippen LogP contribution in [-0.2, 0) is 17.8 Å². The zero-order valence-corrected chi connectivity index (χ0v) is 17.5. The van der Waals surface area contributed by atoms with E-state index in [0.29, 0.717) is 24.4 Å². The van der Waals surface area contributed by atoms with E-state index in [4.69, 9.17) is 0 Å². The van der Waals surface area contributed by atoms with Crippen molar-refractivity contribution < 1.29 is 19.8 Å². The Labute approximate surface area is 181 Å². The fourth-order valence-corrected chi connectivity index (χ4v) is 5.57. The summed E-state index contributed by atoms with van der Waals surface area (Å²) in [5.74, 6) is -1.22. The van der Waals surface area contributed by atoms with Crippen molar-refractivity contribution in [3.8, 4) is 11.3 Å². The molecule has 1 aliphatic carbocycles. The Hall–Kier alpha value is -2.92. The summed E-state index contributed by atoms with van der Waals surface area (Å²) >= 11 is 0. The lowest BCUT2D eigenvalue weighted by molar-refractivity contribution is -0.142. The van der Waals surface area contributed by atoms with Crippen molar-refractivity contribution in [2.75, 3.05) is 6.61 Å². The van der Waals surface area contributed by atoms with Gasteiger partial charge in [0.25, 0.3) is 0 Å². The molecule has 0 saturated heterocycles. The molecule has 2 N–H and O–H groups in total. The zero-order valence-electron chi connectivity index (χ0n) is 17.5. The number of nitrogens with zero attached hydrogens (tertiary/aromatic N) is 1. The lowest BCUT2D eigenvalue weighted by Gasteiger charge is -2.24. The molecule has 1 atom stereocenters. The van der Waals surface area contributed by atoms with Gasteiger partial charge in [0.1, 0.15) is 6.61 Å². The molecule has 0 spiro atoms. The average molecular weight is 418 g/mol. The molecule has 1 aliphatic heterocycles. The van der Waals surface area contributed by atoms with Gasteiger partial charge in [-0.05, 0) is 42.4 Å². The van der Waals surface area contributed by atoms with Crippen molar-refractivity contribution in [2.45, 2.75) is 51.0 Å². The molecule has 1 saturated carbocycles. The van der Waals surface area contributed by atoms with Crippen LogP contribution in [0.25, 0.3) is 22.2 Å². The van der Waals surface area contributed by atoms with Crippen molar-refractivity contribution in [1.82, 2.24) is 4.57 Å². The second kappa shape index (κ2) is 7.97. The van der Waals surface area contributed by atoms with Crippen LogP contribution in [0.5, 0.6) is 0 Å². The van der Waals surface area contributed by atoms with E-state index in [1.165, 1.54) is 24.8 Å². The number of benzene rings is 2. The number of rotatable bonds is 4. The van der Waals surface area contributed by atoms with E-state index in [9.17, 15) is 19.8 Å². The van der Waals surface area contributed by atoms with E-state index in [-0.39, 0.29) is 5.78 Å². The van der Waals surface area contributed by atoms with Crippen molar-refractivity contribution in [2.24, 2.45) is 5.92 Å². The van der Waals surface area contributed by atoms with Gasteiger partial charge in [-0.15, -0.1) is 0 Å². The first-order chi connectivity index (χ1) is 15.1. The highest BCUT2D eigenvalue weighted by molar-refractivity contribution is 6.02. The molecular weight excluding hydrogens is 390 g/mol. The summed E-state index contributed by atoms with van der Waals surface area (Å²) in [5.41, 5.74) is 5.97. The lowest BCUT2D eigenvalue weighted by atomic mass is 9.81. The second-order valence-electron chi connectivity index (χ2n) is 8.92. The van der Waals surface area contributed by atoms with E-state index in [1.807, 2.05) is 30.3 Å². The maximum absolute atomic E-state index is 12.2. The molecule has 0 bridgehead atoms. The highest BCUT2D eigenvalue weighted by Crippen LogP contribution is 2.46. The minimum absolute atomic E-state index is 0.319. The van der Waals surface area contributed by atoms with Gasteiger partial charge in [-0.3, -0.25) is 9.59 Å². The SMILES string of the molecule is O=C(CO)c1ccc2c(C3CCCCC3)c3n(c2c1)CC(C(=O)O)Cc1ccccc1-3. The average Bonchev–Trinajstić information content (AvgIpc) is 3.01. The Morgan fingerprint density at radius 2 is 1.81 bits per heavy atom. The Morgan fingerprint density at radius 1 is 1.03 bits per heavy atom. The minimum Gasteiger partial charge on any atom is -0.481 e. The number of carboxylic acid groups (broad SMARTS) is 1. The van der Waals surface area contributed by atoms with Gasteiger partial charge in [0, 0.05) is 28.6 Å². The van der Waals surface area contributed by atoms with Gasteiger partial charge in [-0.25, -0.2) is 0 Å². The third-order valence-electron chi connectivity index (χ3n) is 7.07. The van der Waals surface area contributed by atoms with Gasteiger partial charge in [-0.2, -0.15) is 0 Å². The molecule has 0 radical (unpaired) electrons. The van der Waals surface area contributed by atoms with Crippen LogP contribution >= 0.6 is 0 Å². The highest BCUT2D eigenvalue weighted by Gasteiger charge is 2.32. The van der Waals surface area contributed by atoms with Gasteiger partial charge >= 0.3 is 5.97 Å². The van der Waals surface area contributed by atoms with Crippen LogP contribution in [0.2, 0.25) is 0 Å². The fourth-order valence-electron chi connectivity index (χ4n) is 5.57. The van der Waals surface area contributed by atoms with Crippen LogP contribution in [0.3, 0.4) is 0 Å². The largest absolute Gasteiger partial charge is 0.481 e. The molecule has 2 aromatic carbocycles. The van der Waals surface area contributed by atoms with Crippen LogP contribution in [-0.4, -0.2) is 33.1 Å². The molecule has 3 aromatic rings. The first-order valence-corrected chi connectivity index (χ1v) is 11.2. The molecule has 1 fully saturated rings. The number of fused-ring (bicyclic) bond motifs is 5. The van der Waals surface area contributed by atoms with Crippen LogP contribution in [0.15, 0.2) is 42.5 Å². The van der Waals surface area contributed by atoms with Crippen LogP contribution in [0.4, 0.5) is 0 Å². The summed E-state index contributed by atoms with van der Waals surface area (Å²) in [7, 11) is 0. The predicted octanol–water partition coefficient (Wildman–Crippen LogP) is 4.79. The summed E-state index contributed by atoms with van der Waals surface area (Å²) in [6, 6.07) is 13.8. The molecule has 5 heteroatoms. The third-order valence-corrected chi connectivity index (χ3v) is 7.07. The van der Waals surface area contributed by atoms with Gasteiger partial charge in [0.2, 0.25) is 0 Å². The summed E-state index contributed by atoms with van der Waals surface area (Å²) < 4.78 is 2.14. The maximum Gasteiger partial charge on any atom is 0.308 e. The number of carbonyl (C=O) groups is 2. The number of aromatic nitrogens is 1. The van der Waals surface area contributed by atoms with Crippen molar-refractivity contribution in [3.63, 3.8) is 0 Å². The molecule has 2 heterocycles. The normalized spacial score (nSPS) is 18.9. The number of aliphatic hydroxyl groups is 1. The number of Topliss-reactive ketones (excluding diaryl/α,β-unsaturated/α-hetero) is 1. The second-order valence-corrected chi connectivity index (χ2v) is 8.92. The molecular formula is C26H27NO4. The van der Waals surface area contributed by atoms with E-state index < -0.39 is 18.5 Å². The van der Waals surface area contributed by atoms with Gasteiger partial charge in [0.05, 0.1) is 11.6 Å². The molecule has 5 nitrogen and oxygen atoms in total. The van der Waals surface area contributed by atoms with E-state index >= 15 is 0 Å². The van der Waals surface area contributed by atoms with Crippen molar-refractivity contribution in [3.05, 3.63) is 59.2 Å². The van der Waals surface area contributed by atoms with Crippen LogP contribution in [0.1, 0.15) is 59.5 Å². The van der Waals surface area contributed by atoms with Gasteiger partial charge in [0.15, 0.2) is 5.78 Å². The molecule has 31 heavy (non-hydrogen) atoms. The number of hydrogen-bond acceptors (Lipinski definition) is 3. The summed E-state index contributed by atoms with van der Waals surface area (Å²) in [4.78, 5) is 24.3. The van der Waals surface area contributed by atoms with Crippen LogP contribution in [0, 0.1) is 5.92 Å². The maximum atomic E-state index is 12.2. The molecule has 5 rings (SSSR count). The smallest absolute Gasteiger partial charge is 0.308 e. The molecule has 2 aliphatic rings. The molecule has 160 valence electrons. The first-order valence-electron chi connectivity index (χ1n) is 11.2. The summed E-state index contributed by atoms with van der Waals surface area (Å²) in [6.07, 6.45) is 6.43. The quantitative estimate of drug-likeness (QED) is 0.598. The van der Waals surface area contributed by atoms with Crippen LogP contribution < -0.4 is 0 Å². The first kappa shape index (κ1) is 20.0. The highest BCUT2D eigenvalue weighted by atomic mass is 16.4. The minimum atomic E-state index is -0.800. The summed E-state index contributed by atoms with van der Waals surface area (Å²) in [6.45, 7) is -0.158. The third kappa shape index (κ3) is 3.37. The van der Waals surface area contributed by atoms with E-state index in [0.717, 1.165) is 40.6 Å². The van der Waals surface area contributed by atoms with Crippen molar-refractivity contribution in [1.29, 1.82) is 0 Å². The topological polar surface area (TPSA) is 79.5 Å². The number of hydrogen-bond donors (Lipinski definition) is 2. The Balaban J connectivity index is 1.83. The Morgan fingerprint density at radius 3 is 2.55 bits per heavy atom. The van der Waals surface area contributed by atoms with Gasteiger partial charge < -0.3 is 14.8 Å². The Bertz CT molecular complexity index is 1170. The monoisotopic (exact) mass is 417 g/mol. The number of ketones is 1. The molecule has 0 amide bonds. The molecule has 1 unspecified atom stereocenters. The molecule has 1 aromatic heterocycles. The fraction of sp³-hybridized carbons (Fsp3) is 0.385. The van der Waals surface area contributed by atoms with E-state index in [2.05, 4.69) is 10.6 Å². The van der Waals surface area contributed by atoms with Gasteiger partial charge in [-0.1, -0.05) is 55.7 Å². The number of aliphatic carboxylic acids is 1. The number of carboxylic acids is 1. The van der Waals surface area contributed by atoms with Crippen molar-refractivity contribution >= 4 is 22.7 Å². The lowest BCUT2D eigenvalue weighted by Crippen LogP contribution is -2.21. The standard InChI is InChI=1S/C26H27NO4/c28-15-23(29)18-10-11-21-22(13-18)27-14-19(26(30)31)12-17-8-4-5-9-20(17)25(27)24(21)16-6-2-1-3-7-16/h4-5,8-11,13,16,19,28H,1-3,6-7,12,14-15H2,(H,30,31). The number of carbonyl (C=O) groups excluding carboxylic acids is 1. The number of aliphatic hydroxyl groups excluding tert-OH is 1. The Kier molecular flexibility index (Phi) is 5.14. The van der Waals surface area contributed by atoms with E-state index in [1.54, 1.807) is 6.07 Å². The summed E-state index contributed by atoms with van der Waals surface area (Å²) in [5, 5.41) is 20.4. The zero-order chi connectivity index (χ0) is 21.5. The predicted molar refractivity (Wildman–Crippen MR) is 119 cm³/mol.